The molecule has 0 aliphatic carbocycles. The Bertz CT molecular complexity index is 2490. The maximum absolute atomic E-state index is 2.53. The highest BCUT2D eigenvalue weighted by Gasteiger charge is 2.36. The second-order valence-corrected chi connectivity index (χ2v) is 13.6. The van der Waals surface area contributed by atoms with Crippen LogP contribution in [-0.2, 0) is 0 Å². The SMILES string of the molecule is CB1c2c(cc3sccc3c2-c2cccc(-c3ccccc3C)c2C)N(c2ccc3ccccc3c2)c2ccc3ccccc3c21. The molecule has 0 spiro atoms. The largest absolute Gasteiger partial charge is 0.311 e. The van der Waals surface area contributed by atoms with Gasteiger partial charge in [0.1, 0.15) is 0 Å². The van der Waals surface area contributed by atoms with E-state index >= 15 is 0 Å². The highest BCUT2D eigenvalue weighted by molar-refractivity contribution is 7.17. The molecule has 0 saturated heterocycles. The molecule has 0 bridgehead atoms. The summed E-state index contributed by atoms with van der Waals surface area (Å²) in [4.78, 5) is 2.53. The summed E-state index contributed by atoms with van der Waals surface area (Å²) in [5.41, 5.74) is 14.4. The normalized spacial score (nSPS) is 12.6. The molecule has 7 aromatic carbocycles. The molecule has 0 fully saturated rings. The smallest absolute Gasteiger partial charge is 0.213 e. The molecule has 0 saturated carbocycles. The molecular weight excluding hydrogens is 573 g/mol. The van der Waals surface area contributed by atoms with Crippen LogP contribution >= 0.6 is 11.3 Å². The Morgan fingerprint density at radius 3 is 2.13 bits per heavy atom. The van der Waals surface area contributed by atoms with Gasteiger partial charge in [0.25, 0.3) is 0 Å². The summed E-state index contributed by atoms with van der Waals surface area (Å²) in [7, 11) is 0. The number of benzene rings is 7. The lowest BCUT2D eigenvalue weighted by molar-refractivity contribution is 1.31. The van der Waals surface area contributed by atoms with E-state index in [1.807, 2.05) is 11.3 Å². The van der Waals surface area contributed by atoms with Gasteiger partial charge in [0.05, 0.1) is 0 Å². The number of hydrogen-bond acceptors (Lipinski definition) is 2. The third-order valence-electron chi connectivity index (χ3n) is 10.1. The first-order valence-corrected chi connectivity index (χ1v) is 17.0. The van der Waals surface area contributed by atoms with Crippen LogP contribution < -0.4 is 15.8 Å². The van der Waals surface area contributed by atoms with Gasteiger partial charge < -0.3 is 4.90 Å². The highest BCUT2D eigenvalue weighted by Crippen LogP contribution is 2.45. The van der Waals surface area contributed by atoms with Gasteiger partial charge in [0.15, 0.2) is 0 Å². The standard InChI is InChI=1S/C43H32BNS/c1-27-11-4-8-15-33(27)34-17-10-18-35(28(34)2)41-37-23-24-46-40(37)26-39-43(41)44(3)42-36-16-9-7-13-30(36)20-22-38(42)45(39)32-21-19-29-12-5-6-14-31(29)25-32/h4-26H,1-3H3. The molecule has 3 heteroatoms. The Morgan fingerprint density at radius 2 is 1.26 bits per heavy atom. The van der Waals surface area contributed by atoms with Crippen LogP contribution in [0.25, 0.3) is 53.9 Å². The maximum Gasteiger partial charge on any atom is 0.213 e. The van der Waals surface area contributed by atoms with E-state index in [4.69, 9.17) is 0 Å². The van der Waals surface area contributed by atoms with Gasteiger partial charge in [0, 0.05) is 21.8 Å². The molecule has 0 amide bonds. The van der Waals surface area contributed by atoms with Crippen LogP contribution in [0.1, 0.15) is 11.1 Å². The summed E-state index contributed by atoms with van der Waals surface area (Å²) in [5.74, 6) is 0. The summed E-state index contributed by atoms with van der Waals surface area (Å²) < 4.78 is 1.32. The van der Waals surface area contributed by atoms with E-state index in [9.17, 15) is 0 Å². The molecule has 8 aromatic rings. The third kappa shape index (κ3) is 4.02. The predicted molar refractivity (Wildman–Crippen MR) is 203 cm³/mol. The van der Waals surface area contributed by atoms with Crippen molar-refractivity contribution in [2.75, 3.05) is 4.90 Å². The van der Waals surface area contributed by atoms with Crippen molar-refractivity contribution in [1.29, 1.82) is 0 Å². The first kappa shape index (κ1) is 27.2. The summed E-state index contributed by atoms with van der Waals surface area (Å²) >= 11 is 1.84. The van der Waals surface area contributed by atoms with Crippen LogP contribution in [0, 0.1) is 13.8 Å². The number of hydrogen-bond donors (Lipinski definition) is 0. The Hall–Kier alpha value is -5.12. The van der Waals surface area contributed by atoms with Gasteiger partial charge in [-0.2, -0.15) is 0 Å². The van der Waals surface area contributed by atoms with E-state index in [0.29, 0.717) is 0 Å². The van der Waals surface area contributed by atoms with Crippen molar-refractivity contribution in [2.45, 2.75) is 20.7 Å². The lowest BCUT2D eigenvalue weighted by Gasteiger charge is -2.38. The van der Waals surface area contributed by atoms with Crippen molar-refractivity contribution >= 4 is 77.7 Å². The number of fused-ring (bicyclic) bond motifs is 6. The van der Waals surface area contributed by atoms with Crippen molar-refractivity contribution < 1.29 is 0 Å². The fourth-order valence-corrected chi connectivity index (χ4v) is 8.73. The van der Waals surface area contributed by atoms with Gasteiger partial charge in [0.2, 0.25) is 6.71 Å². The van der Waals surface area contributed by atoms with Crippen LogP contribution in [0.5, 0.6) is 0 Å². The van der Waals surface area contributed by atoms with Gasteiger partial charge >= 0.3 is 0 Å². The van der Waals surface area contributed by atoms with Crippen molar-refractivity contribution in [3.8, 4) is 22.3 Å². The second kappa shape index (κ2) is 10.5. The molecule has 1 aliphatic heterocycles. The molecule has 1 aromatic heterocycles. The Morgan fingerprint density at radius 1 is 0.543 bits per heavy atom. The zero-order chi connectivity index (χ0) is 30.9. The Kier molecular flexibility index (Phi) is 6.20. The van der Waals surface area contributed by atoms with Crippen molar-refractivity contribution in [1.82, 2.24) is 0 Å². The van der Waals surface area contributed by atoms with Crippen molar-refractivity contribution in [3.05, 3.63) is 150 Å². The van der Waals surface area contributed by atoms with E-state index in [1.54, 1.807) is 0 Å². The molecule has 1 nitrogen and oxygen atoms in total. The topological polar surface area (TPSA) is 3.24 Å². The molecule has 0 radical (unpaired) electrons. The number of thiophene rings is 1. The van der Waals surface area contributed by atoms with Crippen LogP contribution in [0.4, 0.5) is 17.1 Å². The van der Waals surface area contributed by atoms with E-state index in [2.05, 4.69) is 164 Å². The molecule has 0 unspecified atom stereocenters. The fourth-order valence-electron chi connectivity index (χ4n) is 7.90. The predicted octanol–water partition coefficient (Wildman–Crippen LogP) is 11.2. The summed E-state index contributed by atoms with van der Waals surface area (Å²) in [6, 6.07) is 49.5. The van der Waals surface area contributed by atoms with Crippen LogP contribution in [0.2, 0.25) is 6.82 Å². The lowest BCUT2D eigenvalue weighted by Crippen LogP contribution is -2.49. The lowest BCUT2D eigenvalue weighted by atomic mass is 9.38. The summed E-state index contributed by atoms with van der Waals surface area (Å²) in [5, 5.41) is 8.71. The monoisotopic (exact) mass is 605 g/mol. The minimum atomic E-state index is 0.189. The summed E-state index contributed by atoms with van der Waals surface area (Å²) in [6.45, 7) is 7.14. The van der Waals surface area contributed by atoms with Gasteiger partial charge in [-0.25, -0.2) is 0 Å². The molecule has 218 valence electrons. The quantitative estimate of drug-likeness (QED) is 0.181. The maximum atomic E-state index is 2.53. The van der Waals surface area contributed by atoms with Crippen LogP contribution in [0.15, 0.2) is 139 Å². The van der Waals surface area contributed by atoms with Crippen molar-refractivity contribution in [3.63, 3.8) is 0 Å². The molecule has 1 aliphatic rings. The molecule has 0 atom stereocenters. The second-order valence-electron chi connectivity index (χ2n) is 12.6. The number of anilines is 3. The van der Waals surface area contributed by atoms with Gasteiger partial charge in [-0.1, -0.05) is 110 Å². The first-order chi connectivity index (χ1) is 22.6. The zero-order valence-electron chi connectivity index (χ0n) is 26.2. The molecular formula is C43H32BNS. The Labute approximate surface area is 274 Å². The van der Waals surface area contributed by atoms with E-state index in [1.165, 1.54) is 93.0 Å². The first-order valence-electron chi connectivity index (χ1n) is 16.1. The molecule has 9 rings (SSSR count). The number of rotatable bonds is 3. The van der Waals surface area contributed by atoms with Crippen LogP contribution in [-0.4, -0.2) is 6.71 Å². The number of nitrogens with zero attached hydrogens (tertiary/aromatic N) is 1. The Balaban J connectivity index is 1.40. The average Bonchev–Trinajstić information content (AvgIpc) is 3.56. The van der Waals surface area contributed by atoms with Gasteiger partial charge in [-0.3, -0.25) is 0 Å². The number of aryl methyl sites for hydroxylation is 1. The minimum Gasteiger partial charge on any atom is -0.311 e. The van der Waals surface area contributed by atoms with Gasteiger partial charge in [-0.15, -0.1) is 11.3 Å². The average molecular weight is 606 g/mol. The van der Waals surface area contributed by atoms with Crippen molar-refractivity contribution in [2.24, 2.45) is 0 Å². The summed E-state index contributed by atoms with van der Waals surface area (Å²) in [6.07, 6.45) is 0. The third-order valence-corrected chi connectivity index (χ3v) is 11.0. The van der Waals surface area contributed by atoms with Gasteiger partial charge in [-0.05, 0) is 121 Å². The minimum absolute atomic E-state index is 0.189. The molecule has 2 heterocycles. The fraction of sp³-hybridized carbons (Fsp3) is 0.0698. The zero-order valence-corrected chi connectivity index (χ0v) is 27.0. The molecule has 46 heavy (non-hydrogen) atoms. The molecule has 0 N–H and O–H groups in total. The van der Waals surface area contributed by atoms with Crippen LogP contribution in [0.3, 0.4) is 0 Å². The van der Waals surface area contributed by atoms with E-state index < -0.39 is 0 Å². The van der Waals surface area contributed by atoms with E-state index in [0.717, 1.165) is 0 Å². The van der Waals surface area contributed by atoms with E-state index in [-0.39, 0.29) is 6.71 Å². The highest BCUT2D eigenvalue weighted by atomic mass is 32.1.